The third kappa shape index (κ3) is 5.76. The lowest BCUT2D eigenvalue weighted by atomic mass is 10.2. The van der Waals surface area contributed by atoms with Crippen LogP contribution in [-0.2, 0) is 9.59 Å². The lowest BCUT2D eigenvalue weighted by molar-refractivity contribution is -0.120. The number of hydrogen-bond donors (Lipinski definition) is 1. The van der Waals surface area contributed by atoms with Crippen LogP contribution in [0.15, 0.2) is 82.7 Å². The van der Waals surface area contributed by atoms with E-state index in [1.165, 1.54) is 16.7 Å². The van der Waals surface area contributed by atoms with Gasteiger partial charge in [-0.25, -0.2) is 4.99 Å². The van der Waals surface area contributed by atoms with Crippen molar-refractivity contribution in [1.82, 2.24) is 0 Å². The van der Waals surface area contributed by atoms with Gasteiger partial charge in [0.05, 0.1) is 16.3 Å². The Morgan fingerprint density at radius 1 is 1.03 bits per heavy atom. The van der Waals surface area contributed by atoms with Gasteiger partial charge in [-0.2, -0.15) is 0 Å². The number of nitrogens with two attached hydrogens (primary N) is 1. The highest BCUT2D eigenvalue weighted by atomic mass is 35.5. The van der Waals surface area contributed by atoms with E-state index in [2.05, 4.69) is 4.99 Å². The van der Waals surface area contributed by atoms with E-state index in [1.54, 1.807) is 72.8 Å². The summed E-state index contributed by atoms with van der Waals surface area (Å²) in [4.78, 5) is 31.0. The van der Waals surface area contributed by atoms with E-state index >= 15 is 0 Å². The zero-order valence-corrected chi connectivity index (χ0v) is 19.4. The Labute approximate surface area is 204 Å². The molecule has 0 bridgehead atoms. The predicted molar refractivity (Wildman–Crippen MR) is 134 cm³/mol. The van der Waals surface area contributed by atoms with Crippen LogP contribution in [-0.4, -0.2) is 23.6 Å². The molecule has 0 unspecified atom stereocenters. The second-order valence-electron chi connectivity index (χ2n) is 6.93. The Bertz CT molecular complexity index is 1260. The molecule has 1 heterocycles. The number of amides is 2. The first-order chi connectivity index (χ1) is 15.9. The second kappa shape index (κ2) is 10.1. The van der Waals surface area contributed by atoms with Gasteiger partial charge in [0.2, 0.25) is 0 Å². The number of thioether (sulfide) groups is 1. The van der Waals surface area contributed by atoms with Gasteiger partial charge in [-0.1, -0.05) is 35.3 Å². The average Bonchev–Trinajstić information content (AvgIpc) is 3.09. The number of primary amides is 1. The van der Waals surface area contributed by atoms with Crippen molar-refractivity contribution in [3.63, 3.8) is 0 Å². The Hall–Kier alpha value is -3.26. The summed E-state index contributed by atoms with van der Waals surface area (Å²) >= 11 is 13.3. The first-order valence-electron chi connectivity index (χ1n) is 9.74. The molecule has 3 aromatic carbocycles. The molecule has 2 N–H and O–H groups in total. The lowest BCUT2D eigenvalue weighted by Gasteiger charge is -2.15. The fourth-order valence-corrected chi connectivity index (χ4v) is 4.25. The molecule has 4 rings (SSSR count). The van der Waals surface area contributed by atoms with Crippen molar-refractivity contribution >= 4 is 69.4 Å². The summed E-state index contributed by atoms with van der Waals surface area (Å²) in [7, 11) is 0. The van der Waals surface area contributed by atoms with Crippen LogP contribution in [0.1, 0.15) is 5.56 Å². The highest BCUT2D eigenvalue weighted by Crippen LogP contribution is 2.38. The minimum Gasteiger partial charge on any atom is -0.484 e. The van der Waals surface area contributed by atoms with Crippen LogP contribution in [0, 0.1) is 0 Å². The summed E-state index contributed by atoms with van der Waals surface area (Å²) < 4.78 is 5.36. The van der Waals surface area contributed by atoms with E-state index in [-0.39, 0.29) is 12.5 Å². The number of rotatable bonds is 6. The monoisotopic (exact) mass is 497 g/mol. The highest BCUT2D eigenvalue weighted by Gasteiger charge is 2.34. The maximum Gasteiger partial charge on any atom is 0.271 e. The number of aliphatic imine (C=N–C) groups is 1. The maximum absolute atomic E-state index is 13.4. The fourth-order valence-electron chi connectivity index (χ4n) is 2.99. The predicted octanol–water partition coefficient (Wildman–Crippen LogP) is 5.67. The molecule has 3 aromatic rings. The normalized spacial score (nSPS) is 15.9. The van der Waals surface area contributed by atoms with Crippen LogP contribution in [0.3, 0.4) is 0 Å². The van der Waals surface area contributed by atoms with E-state index in [4.69, 9.17) is 33.7 Å². The van der Waals surface area contributed by atoms with Crippen LogP contribution < -0.4 is 15.4 Å². The van der Waals surface area contributed by atoms with E-state index in [9.17, 15) is 9.59 Å². The molecule has 0 radical (unpaired) electrons. The number of amidine groups is 1. The van der Waals surface area contributed by atoms with Gasteiger partial charge >= 0.3 is 0 Å². The largest absolute Gasteiger partial charge is 0.484 e. The van der Waals surface area contributed by atoms with Gasteiger partial charge in [-0.3, -0.25) is 14.5 Å². The molecule has 2 amide bonds. The van der Waals surface area contributed by atoms with Gasteiger partial charge < -0.3 is 10.5 Å². The SMILES string of the molecule is NC(=O)COc1cccc(/C=C2\SC(=Nc3ccc(Cl)cc3)N(c3ccc(Cl)cc3)C2=O)c1. The summed E-state index contributed by atoms with van der Waals surface area (Å²) in [5.41, 5.74) is 7.18. The molecule has 1 saturated heterocycles. The zero-order chi connectivity index (χ0) is 23.4. The van der Waals surface area contributed by atoms with Crippen molar-refractivity contribution in [2.75, 3.05) is 11.5 Å². The van der Waals surface area contributed by atoms with Gasteiger partial charge in [-0.15, -0.1) is 0 Å². The van der Waals surface area contributed by atoms with E-state index in [0.29, 0.717) is 37.2 Å². The average molecular weight is 498 g/mol. The van der Waals surface area contributed by atoms with E-state index < -0.39 is 5.91 Å². The molecule has 9 heteroatoms. The van der Waals surface area contributed by atoms with Crippen molar-refractivity contribution in [3.05, 3.63) is 93.3 Å². The van der Waals surface area contributed by atoms with Crippen molar-refractivity contribution in [2.24, 2.45) is 10.7 Å². The molecule has 0 aliphatic carbocycles. The van der Waals surface area contributed by atoms with Crippen molar-refractivity contribution in [1.29, 1.82) is 0 Å². The summed E-state index contributed by atoms with van der Waals surface area (Å²) in [5, 5.41) is 1.66. The number of halogens is 2. The van der Waals surface area contributed by atoms with Gasteiger partial charge in [0.25, 0.3) is 11.8 Å². The molecule has 6 nitrogen and oxygen atoms in total. The number of carbonyl (C=O) groups excluding carboxylic acids is 2. The number of anilines is 1. The van der Waals surface area contributed by atoms with Gasteiger partial charge in [0.1, 0.15) is 5.75 Å². The maximum atomic E-state index is 13.4. The van der Waals surface area contributed by atoms with E-state index in [0.717, 1.165) is 5.56 Å². The topological polar surface area (TPSA) is 85.0 Å². The van der Waals surface area contributed by atoms with Crippen LogP contribution in [0.4, 0.5) is 11.4 Å². The van der Waals surface area contributed by atoms with E-state index in [1.807, 2.05) is 6.07 Å². The van der Waals surface area contributed by atoms with Crippen LogP contribution in [0.2, 0.25) is 10.0 Å². The first-order valence-corrected chi connectivity index (χ1v) is 11.3. The summed E-state index contributed by atoms with van der Waals surface area (Å²) in [5.74, 6) is -0.316. The Morgan fingerprint density at radius 3 is 2.36 bits per heavy atom. The number of nitrogens with zero attached hydrogens (tertiary/aromatic N) is 2. The van der Waals surface area contributed by atoms with Crippen LogP contribution >= 0.6 is 35.0 Å². The lowest BCUT2D eigenvalue weighted by Crippen LogP contribution is -2.28. The molecule has 0 saturated carbocycles. The summed E-state index contributed by atoms with van der Waals surface area (Å²) in [6.45, 7) is -0.226. The van der Waals surface area contributed by atoms with Gasteiger partial charge in [-0.05, 0) is 84.1 Å². The van der Waals surface area contributed by atoms with Crippen LogP contribution in [0.5, 0.6) is 5.75 Å². The highest BCUT2D eigenvalue weighted by molar-refractivity contribution is 8.19. The molecule has 0 atom stereocenters. The molecular formula is C24H17Cl2N3O3S. The molecule has 33 heavy (non-hydrogen) atoms. The minimum atomic E-state index is -0.568. The standard InChI is InChI=1S/C24H17Cl2N3O3S/c25-16-4-8-18(9-5-16)28-24-29(19-10-6-17(26)7-11-19)23(31)21(33-24)13-15-2-1-3-20(12-15)32-14-22(27)30/h1-13H,14H2,(H2,27,30)/b21-13-,28-24?. The number of benzene rings is 3. The Kier molecular flexibility index (Phi) is 7.03. The van der Waals surface area contributed by atoms with Crippen molar-refractivity contribution in [3.8, 4) is 5.75 Å². The first kappa shape index (κ1) is 22.9. The molecule has 1 aliphatic heterocycles. The third-order valence-electron chi connectivity index (χ3n) is 4.48. The molecule has 166 valence electrons. The van der Waals surface area contributed by atoms with Crippen molar-refractivity contribution < 1.29 is 14.3 Å². The molecular weight excluding hydrogens is 481 g/mol. The second-order valence-corrected chi connectivity index (χ2v) is 8.81. The van der Waals surface area contributed by atoms with Gasteiger partial charge in [0.15, 0.2) is 11.8 Å². The number of carbonyl (C=O) groups is 2. The quantitative estimate of drug-likeness (QED) is 0.444. The third-order valence-corrected chi connectivity index (χ3v) is 5.95. The molecule has 0 spiro atoms. The number of hydrogen-bond acceptors (Lipinski definition) is 5. The minimum absolute atomic E-state index is 0.224. The van der Waals surface area contributed by atoms with Gasteiger partial charge in [0, 0.05) is 10.0 Å². The Morgan fingerprint density at radius 2 is 1.70 bits per heavy atom. The smallest absolute Gasteiger partial charge is 0.271 e. The summed E-state index contributed by atoms with van der Waals surface area (Å²) in [6, 6.07) is 21.0. The fraction of sp³-hybridized carbons (Fsp3) is 0.0417. The zero-order valence-electron chi connectivity index (χ0n) is 17.1. The Balaban J connectivity index is 1.69. The van der Waals surface area contributed by atoms with Crippen molar-refractivity contribution in [2.45, 2.75) is 0 Å². The summed E-state index contributed by atoms with van der Waals surface area (Å²) in [6.07, 6.45) is 1.75. The van der Waals surface area contributed by atoms with Crippen LogP contribution in [0.25, 0.3) is 6.08 Å². The number of ether oxygens (including phenoxy) is 1. The molecule has 1 fully saturated rings. The molecule has 0 aromatic heterocycles. The molecule has 1 aliphatic rings.